The lowest BCUT2D eigenvalue weighted by atomic mass is 10.1. The molecule has 0 aromatic rings. The van der Waals surface area contributed by atoms with Crippen LogP contribution in [-0.2, 0) is 9.47 Å². The molecule has 1 aliphatic heterocycles. The molecule has 0 bridgehead atoms. The number of hydrogen-bond donors (Lipinski definition) is 1. The molecule has 0 aromatic heterocycles. The highest BCUT2D eigenvalue weighted by atomic mass is 16.5. The lowest BCUT2D eigenvalue weighted by molar-refractivity contribution is 0.0214. The highest BCUT2D eigenvalue weighted by Gasteiger charge is 2.18. The highest BCUT2D eigenvalue weighted by molar-refractivity contribution is 4.73. The van der Waals surface area contributed by atoms with Crippen molar-refractivity contribution >= 4 is 0 Å². The van der Waals surface area contributed by atoms with Gasteiger partial charge in [0.1, 0.15) is 0 Å². The van der Waals surface area contributed by atoms with E-state index in [4.69, 9.17) is 9.47 Å². The Kier molecular flexibility index (Phi) is 5.73. The van der Waals surface area contributed by atoms with Gasteiger partial charge in [-0.05, 0) is 33.6 Å². The normalized spacial score (nSPS) is 23.6. The predicted octanol–water partition coefficient (Wildman–Crippen LogP) is 2.21. The van der Waals surface area contributed by atoms with Crippen molar-refractivity contribution in [3.63, 3.8) is 0 Å². The third kappa shape index (κ3) is 5.83. The summed E-state index contributed by atoms with van der Waals surface area (Å²) in [5.74, 6) is 0.615. The van der Waals surface area contributed by atoms with Crippen LogP contribution in [0.25, 0.3) is 0 Å². The van der Waals surface area contributed by atoms with Crippen LogP contribution in [0.15, 0.2) is 0 Å². The molecule has 2 unspecified atom stereocenters. The predicted molar refractivity (Wildman–Crippen MR) is 66.7 cm³/mol. The summed E-state index contributed by atoms with van der Waals surface area (Å²) >= 11 is 0. The minimum absolute atomic E-state index is 0.174. The minimum atomic E-state index is 0.174. The third-order valence-corrected chi connectivity index (χ3v) is 2.91. The van der Waals surface area contributed by atoms with Crippen LogP contribution in [0.3, 0.4) is 0 Å². The van der Waals surface area contributed by atoms with E-state index in [1.54, 1.807) is 0 Å². The summed E-state index contributed by atoms with van der Waals surface area (Å²) in [6.07, 6.45) is 2.56. The van der Waals surface area contributed by atoms with E-state index in [0.29, 0.717) is 12.0 Å². The van der Waals surface area contributed by atoms with E-state index in [0.717, 1.165) is 39.2 Å². The van der Waals surface area contributed by atoms with Crippen LogP contribution in [-0.4, -0.2) is 38.0 Å². The van der Waals surface area contributed by atoms with E-state index in [1.807, 2.05) is 0 Å². The van der Waals surface area contributed by atoms with E-state index in [1.165, 1.54) is 0 Å². The molecule has 0 aliphatic carbocycles. The molecule has 0 radical (unpaired) electrons. The molecular weight excluding hydrogens is 202 g/mol. The number of ether oxygens (including phenoxy) is 2. The fraction of sp³-hybridized carbons (Fsp3) is 1.00. The average Bonchev–Trinajstić information content (AvgIpc) is 2.69. The van der Waals surface area contributed by atoms with Crippen molar-refractivity contribution in [1.82, 2.24) is 5.32 Å². The quantitative estimate of drug-likeness (QED) is 0.757. The van der Waals surface area contributed by atoms with E-state index in [-0.39, 0.29) is 5.54 Å². The van der Waals surface area contributed by atoms with Crippen molar-refractivity contribution < 1.29 is 9.47 Å². The van der Waals surface area contributed by atoms with Crippen LogP contribution >= 0.6 is 0 Å². The summed E-state index contributed by atoms with van der Waals surface area (Å²) in [6, 6.07) is 0. The van der Waals surface area contributed by atoms with Gasteiger partial charge in [-0.1, -0.05) is 6.92 Å². The minimum Gasteiger partial charge on any atom is -0.381 e. The van der Waals surface area contributed by atoms with Crippen molar-refractivity contribution in [1.29, 1.82) is 0 Å². The lowest BCUT2D eigenvalue weighted by Gasteiger charge is -2.25. The van der Waals surface area contributed by atoms with Gasteiger partial charge in [-0.3, -0.25) is 0 Å². The van der Waals surface area contributed by atoms with Crippen LogP contribution < -0.4 is 5.32 Å². The maximum Gasteiger partial charge on any atom is 0.0697 e. The number of nitrogens with one attached hydrogen (secondary N) is 1. The largest absolute Gasteiger partial charge is 0.381 e. The zero-order valence-corrected chi connectivity index (χ0v) is 11.2. The van der Waals surface area contributed by atoms with Crippen LogP contribution in [0.5, 0.6) is 0 Å². The van der Waals surface area contributed by atoms with E-state index >= 15 is 0 Å². The molecule has 1 saturated heterocycles. The lowest BCUT2D eigenvalue weighted by Crippen LogP contribution is -2.41. The first-order valence-corrected chi connectivity index (χ1v) is 6.45. The van der Waals surface area contributed by atoms with E-state index in [2.05, 4.69) is 33.0 Å². The van der Waals surface area contributed by atoms with E-state index < -0.39 is 0 Å². The molecule has 1 fully saturated rings. The molecular formula is C13H27NO2. The fourth-order valence-electron chi connectivity index (χ4n) is 1.73. The van der Waals surface area contributed by atoms with Gasteiger partial charge in [0.2, 0.25) is 0 Å². The summed E-state index contributed by atoms with van der Waals surface area (Å²) in [5.41, 5.74) is 0.174. The Hall–Kier alpha value is -0.120. The molecule has 2 atom stereocenters. The molecule has 1 N–H and O–H groups in total. The second kappa shape index (κ2) is 6.58. The molecule has 1 heterocycles. The summed E-state index contributed by atoms with van der Waals surface area (Å²) in [6.45, 7) is 12.3. The maximum absolute atomic E-state index is 5.93. The maximum atomic E-state index is 5.93. The van der Waals surface area contributed by atoms with Gasteiger partial charge in [-0.15, -0.1) is 0 Å². The Labute approximate surface area is 99.9 Å². The molecule has 0 aromatic carbocycles. The van der Waals surface area contributed by atoms with Crippen LogP contribution in [0.1, 0.15) is 40.5 Å². The Balaban J connectivity index is 2.15. The molecule has 3 nitrogen and oxygen atoms in total. The Morgan fingerprint density at radius 2 is 2.19 bits per heavy atom. The van der Waals surface area contributed by atoms with Gasteiger partial charge in [-0.25, -0.2) is 0 Å². The van der Waals surface area contributed by atoms with Crippen molar-refractivity contribution in [2.24, 2.45) is 5.92 Å². The molecule has 1 aliphatic rings. The van der Waals surface area contributed by atoms with Crippen LogP contribution in [0, 0.1) is 5.92 Å². The smallest absolute Gasteiger partial charge is 0.0697 e. The summed E-state index contributed by atoms with van der Waals surface area (Å²) in [5, 5.41) is 3.49. The third-order valence-electron chi connectivity index (χ3n) is 2.91. The SMILES string of the molecule is CCC(CNC(C)(C)C)OCC1CCOC1. The Morgan fingerprint density at radius 3 is 2.69 bits per heavy atom. The van der Waals surface area contributed by atoms with Crippen molar-refractivity contribution in [3.05, 3.63) is 0 Å². The highest BCUT2D eigenvalue weighted by Crippen LogP contribution is 2.14. The number of rotatable bonds is 6. The first-order valence-electron chi connectivity index (χ1n) is 6.45. The van der Waals surface area contributed by atoms with E-state index in [9.17, 15) is 0 Å². The van der Waals surface area contributed by atoms with Crippen molar-refractivity contribution in [2.75, 3.05) is 26.4 Å². The standard InChI is InChI=1S/C13H27NO2/c1-5-12(8-14-13(2,3)4)16-10-11-6-7-15-9-11/h11-12,14H,5-10H2,1-4H3. The zero-order chi connectivity index (χ0) is 12.0. The molecule has 0 saturated carbocycles. The second-order valence-corrected chi connectivity index (χ2v) is 5.72. The first kappa shape index (κ1) is 13.9. The van der Waals surface area contributed by atoms with Gasteiger partial charge < -0.3 is 14.8 Å². The molecule has 96 valence electrons. The average molecular weight is 229 g/mol. The Bertz CT molecular complexity index is 183. The van der Waals surface area contributed by atoms with Crippen LogP contribution in [0.2, 0.25) is 0 Å². The molecule has 3 heteroatoms. The molecule has 0 amide bonds. The van der Waals surface area contributed by atoms with Gasteiger partial charge in [0, 0.05) is 24.6 Å². The van der Waals surface area contributed by atoms with Gasteiger partial charge in [0.25, 0.3) is 0 Å². The monoisotopic (exact) mass is 229 g/mol. The van der Waals surface area contributed by atoms with Gasteiger partial charge in [-0.2, -0.15) is 0 Å². The molecule has 16 heavy (non-hydrogen) atoms. The molecule has 1 rings (SSSR count). The summed E-state index contributed by atoms with van der Waals surface area (Å²) in [7, 11) is 0. The van der Waals surface area contributed by atoms with Crippen LogP contribution in [0.4, 0.5) is 0 Å². The van der Waals surface area contributed by atoms with Crippen molar-refractivity contribution in [2.45, 2.75) is 52.2 Å². The summed E-state index contributed by atoms with van der Waals surface area (Å²) < 4.78 is 11.3. The van der Waals surface area contributed by atoms with Gasteiger partial charge in [0.15, 0.2) is 0 Å². The number of hydrogen-bond acceptors (Lipinski definition) is 3. The van der Waals surface area contributed by atoms with Gasteiger partial charge >= 0.3 is 0 Å². The fourth-order valence-corrected chi connectivity index (χ4v) is 1.73. The van der Waals surface area contributed by atoms with Crippen molar-refractivity contribution in [3.8, 4) is 0 Å². The topological polar surface area (TPSA) is 30.5 Å². The molecule has 0 spiro atoms. The summed E-state index contributed by atoms with van der Waals surface area (Å²) in [4.78, 5) is 0. The zero-order valence-electron chi connectivity index (χ0n) is 11.2. The first-order chi connectivity index (χ1) is 7.51. The van der Waals surface area contributed by atoms with Gasteiger partial charge in [0.05, 0.1) is 19.3 Å². The Morgan fingerprint density at radius 1 is 1.44 bits per heavy atom. The second-order valence-electron chi connectivity index (χ2n) is 5.72.